The fourth-order valence-electron chi connectivity index (χ4n) is 1.30. The van der Waals surface area contributed by atoms with Crippen LogP contribution in [0.15, 0.2) is 28.7 Å². The van der Waals surface area contributed by atoms with Crippen molar-refractivity contribution in [2.45, 2.75) is 31.3 Å². The van der Waals surface area contributed by atoms with Gasteiger partial charge in [-0.25, -0.2) is 0 Å². The third-order valence-electron chi connectivity index (χ3n) is 2.37. The summed E-state index contributed by atoms with van der Waals surface area (Å²) in [6, 6.07) is 8.11. The quantitative estimate of drug-likeness (QED) is 0.869. The maximum Gasteiger partial charge on any atom is 0.232 e. The summed E-state index contributed by atoms with van der Waals surface area (Å²) in [4.78, 5) is 11.7. The maximum atomic E-state index is 11.7. The van der Waals surface area contributed by atoms with E-state index in [0.29, 0.717) is 0 Å². The fraction of sp³-hybridized carbons (Fsp3) is 0.462. The minimum absolute atomic E-state index is 0.00587. The predicted octanol–water partition coefficient (Wildman–Crippen LogP) is 3.60. The SMILES string of the molecule is CCCNC(=O)[C@@H](C)SCc1ccccc1Br. The van der Waals surface area contributed by atoms with Crippen LogP contribution >= 0.6 is 27.7 Å². The fourth-order valence-corrected chi connectivity index (χ4v) is 2.82. The lowest BCUT2D eigenvalue weighted by molar-refractivity contribution is -0.120. The first-order valence-corrected chi connectivity index (χ1v) is 7.62. The van der Waals surface area contributed by atoms with Crippen molar-refractivity contribution in [3.8, 4) is 0 Å². The van der Waals surface area contributed by atoms with E-state index in [9.17, 15) is 4.79 Å². The van der Waals surface area contributed by atoms with Gasteiger partial charge in [0.25, 0.3) is 0 Å². The standard InChI is InChI=1S/C13H18BrNOS/c1-3-8-15-13(16)10(2)17-9-11-6-4-5-7-12(11)14/h4-7,10H,3,8-9H2,1-2H3,(H,15,16)/t10-/m1/s1. The number of halogens is 1. The molecule has 0 heterocycles. The van der Waals surface area contributed by atoms with Gasteiger partial charge in [-0.2, -0.15) is 0 Å². The van der Waals surface area contributed by atoms with Gasteiger partial charge in [0.15, 0.2) is 0 Å². The van der Waals surface area contributed by atoms with Crippen LogP contribution in [0.3, 0.4) is 0 Å². The molecule has 0 aliphatic heterocycles. The lowest BCUT2D eigenvalue weighted by Crippen LogP contribution is -2.31. The van der Waals surface area contributed by atoms with Crippen molar-refractivity contribution in [3.63, 3.8) is 0 Å². The monoisotopic (exact) mass is 315 g/mol. The molecule has 0 aliphatic rings. The summed E-state index contributed by atoms with van der Waals surface area (Å²) in [5.74, 6) is 0.978. The third-order valence-corrected chi connectivity index (χ3v) is 4.33. The molecule has 0 fully saturated rings. The first-order chi connectivity index (χ1) is 8.15. The smallest absolute Gasteiger partial charge is 0.232 e. The second-order valence-corrected chi connectivity index (χ2v) is 6.02. The molecule has 94 valence electrons. The van der Waals surface area contributed by atoms with E-state index in [1.54, 1.807) is 11.8 Å². The molecular formula is C13H18BrNOS. The summed E-state index contributed by atoms with van der Waals surface area (Å²) in [7, 11) is 0. The highest BCUT2D eigenvalue weighted by Crippen LogP contribution is 2.23. The maximum absolute atomic E-state index is 11.7. The number of carbonyl (C=O) groups is 1. The van der Waals surface area contributed by atoms with E-state index >= 15 is 0 Å². The Kier molecular flexibility index (Phi) is 6.66. The third kappa shape index (κ3) is 5.13. The van der Waals surface area contributed by atoms with Crippen molar-refractivity contribution in [3.05, 3.63) is 34.3 Å². The zero-order chi connectivity index (χ0) is 12.7. The summed E-state index contributed by atoms with van der Waals surface area (Å²) < 4.78 is 1.11. The van der Waals surface area contributed by atoms with Crippen LogP contribution in [0.2, 0.25) is 0 Å². The van der Waals surface area contributed by atoms with Gasteiger partial charge in [0, 0.05) is 16.8 Å². The molecule has 0 spiro atoms. The number of hydrogen-bond donors (Lipinski definition) is 1. The number of carbonyl (C=O) groups excluding carboxylic acids is 1. The van der Waals surface area contributed by atoms with Gasteiger partial charge in [-0.3, -0.25) is 4.79 Å². The van der Waals surface area contributed by atoms with Crippen molar-refractivity contribution in [2.75, 3.05) is 6.54 Å². The van der Waals surface area contributed by atoms with Gasteiger partial charge in [0.05, 0.1) is 5.25 Å². The molecule has 2 nitrogen and oxygen atoms in total. The van der Waals surface area contributed by atoms with Gasteiger partial charge in [-0.15, -0.1) is 11.8 Å². The number of rotatable bonds is 6. The topological polar surface area (TPSA) is 29.1 Å². The highest BCUT2D eigenvalue weighted by Gasteiger charge is 2.12. The Morgan fingerprint density at radius 2 is 2.18 bits per heavy atom. The number of benzene rings is 1. The van der Waals surface area contributed by atoms with E-state index in [1.807, 2.05) is 25.1 Å². The molecule has 0 unspecified atom stereocenters. The zero-order valence-corrected chi connectivity index (χ0v) is 12.6. The van der Waals surface area contributed by atoms with Gasteiger partial charge in [-0.1, -0.05) is 41.1 Å². The molecule has 1 N–H and O–H groups in total. The molecule has 0 aliphatic carbocycles. The molecule has 1 aromatic carbocycles. The summed E-state index contributed by atoms with van der Waals surface area (Å²) in [5, 5.41) is 2.91. The van der Waals surface area contributed by atoms with E-state index in [4.69, 9.17) is 0 Å². The Morgan fingerprint density at radius 3 is 2.82 bits per heavy atom. The van der Waals surface area contributed by atoms with Crippen LogP contribution in [0.1, 0.15) is 25.8 Å². The molecule has 0 bridgehead atoms. The van der Waals surface area contributed by atoms with E-state index in [0.717, 1.165) is 23.2 Å². The molecule has 0 aromatic heterocycles. The van der Waals surface area contributed by atoms with Crippen LogP contribution in [0, 0.1) is 0 Å². The lowest BCUT2D eigenvalue weighted by atomic mass is 10.2. The molecule has 1 atom stereocenters. The highest BCUT2D eigenvalue weighted by molar-refractivity contribution is 9.10. The summed E-state index contributed by atoms with van der Waals surface area (Å²) in [6.45, 7) is 4.77. The van der Waals surface area contributed by atoms with Crippen LogP contribution in [0.25, 0.3) is 0 Å². The molecule has 0 saturated heterocycles. The average molecular weight is 316 g/mol. The largest absolute Gasteiger partial charge is 0.355 e. The first-order valence-electron chi connectivity index (χ1n) is 5.78. The van der Waals surface area contributed by atoms with Crippen LogP contribution in [-0.2, 0) is 10.5 Å². The minimum Gasteiger partial charge on any atom is -0.355 e. The van der Waals surface area contributed by atoms with Gasteiger partial charge in [-0.05, 0) is 25.0 Å². The Bertz CT molecular complexity index is 370. The van der Waals surface area contributed by atoms with Crippen LogP contribution < -0.4 is 5.32 Å². The number of hydrogen-bond acceptors (Lipinski definition) is 2. The van der Waals surface area contributed by atoms with Crippen LogP contribution in [0.5, 0.6) is 0 Å². The molecular weight excluding hydrogens is 298 g/mol. The number of amides is 1. The molecule has 0 saturated carbocycles. The van der Waals surface area contributed by atoms with Gasteiger partial charge in [0.1, 0.15) is 0 Å². The summed E-state index contributed by atoms with van der Waals surface area (Å²) in [5.41, 5.74) is 1.23. The molecule has 1 amide bonds. The second-order valence-electron chi connectivity index (χ2n) is 3.84. The van der Waals surface area contributed by atoms with Crippen LogP contribution in [-0.4, -0.2) is 17.7 Å². The van der Waals surface area contributed by atoms with Gasteiger partial charge >= 0.3 is 0 Å². The Morgan fingerprint density at radius 1 is 1.47 bits per heavy atom. The molecule has 0 radical (unpaired) electrons. The van der Waals surface area contributed by atoms with Crippen LogP contribution in [0.4, 0.5) is 0 Å². The molecule has 4 heteroatoms. The van der Waals surface area contributed by atoms with Gasteiger partial charge < -0.3 is 5.32 Å². The minimum atomic E-state index is -0.00587. The lowest BCUT2D eigenvalue weighted by Gasteiger charge is -2.12. The predicted molar refractivity (Wildman–Crippen MR) is 78.2 cm³/mol. The van der Waals surface area contributed by atoms with Crippen molar-refractivity contribution in [1.82, 2.24) is 5.32 Å². The average Bonchev–Trinajstić information content (AvgIpc) is 2.34. The highest BCUT2D eigenvalue weighted by atomic mass is 79.9. The van der Waals surface area contributed by atoms with Crippen molar-refractivity contribution >= 4 is 33.6 Å². The summed E-state index contributed by atoms with van der Waals surface area (Å²) in [6.07, 6.45) is 0.980. The molecule has 1 rings (SSSR count). The molecule has 17 heavy (non-hydrogen) atoms. The first kappa shape index (κ1) is 14.6. The van der Waals surface area contributed by atoms with E-state index in [1.165, 1.54) is 5.56 Å². The Hall–Kier alpha value is -0.480. The summed E-state index contributed by atoms with van der Waals surface area (Å²) >= 11 is 5.17. The Balaban J connectivity index is 2.40. The normalized spacial score (nSPS) is 12.2. The number of nitrogens with one attached hydrogen (secondary N) is 1. The van der Waals surface area contributed by atoms with Crippen molar-refractivity contribution in [1.29, 1.82) is 0 Å². The van der Waals surface area contributed by atoms with Gasteiger partial charge in [0.2, 0.25) is 5.91 Å². The van der Waals surface area contributed by atoms with Crippen molar-refractivity contribution in [2.24, 2.45) is 0 Å². The van der Waals surface area contributed by atoms with Crippen molar-refractivity contribution < 1.29 is 4.79 Å². The Labute approximate surface area is 116 Å². The van der Waals surface area contributed by atoms with E-state index in [2.05, 4.69) is 34.2 Å². The van der Waals surface area contributed by atoms with E-state index < -0.39 is 0 Å². The second kappa shape index (κ2) is 7.77. The molecule has 1 aromatic rings. The number of thioether (sulfide) groups is 1. The zero-order valence-electron chi connectivity index (χ0n) is 10.2. The van der Waals surface area contributed by atoms with E-state index in [-0.39, 0.29) is 11.2 Å².